The van der Waals surface area contributed by atoms with Crippen molar-refractivity contribution in [2.24, 2.45) is 7.05 Å². The number of carbonyl (C=O) groups is 1. The zero-order valence-electron chi connectivity index (χ0n) is 12.7. The zero-order chi connectivity index (χ0) is 15.3. The maximum atomic E-state index is 12.8. The van der Waals surface area contributed by atoms with Gasteiger partial charge >= 0.3 is 6.03 Å². The van der Waals surface area contributed by atoms with Crippen molar-refractivity contribution in [1.82, 2.24) is 14.5 Å². The van der Waals surface area contributed by atoms with Gasteiger partial charge in [-0.1, -0.05) is 12.1 Å². The average Bonchev–Trinajstić information content (AvgIpc) is 3.02. The number of aryl methyl sites for hydroxylation is 1. The van der Waals surface area contributed by atoms with Crippen molar-refractivity contribution in [2.75, 3.05) is 18.1 Å². The first-order valence-electron chi connectivity index (χ1n) is 7.42. The number of para-hydroxylation sites is 2. The molecule has 2 amide bonds. The molecule has 0 radical (unpaired) electrons. The first kappa shape index (κ1) is 13.2. The summed E-state index contributed by atoms with van der Waals surface area (Å²) in [5.41, 5.74) is 2.91. The van der Waals surface area contributed by atoms with Gasteiger partial charge in [-0.25, -0.2) is 9.78 Å². The minimum absolute atomic E-state index is 0.0332. The maximum absolute atomic E-state index is 12.8. The van der Waals surface area contributed by atoms with Crippen molar-refractivity contribution in [1.29, 1.82) is 0 Å². The normalized spacial score (nSPS) is 19.9. The molecule has 1 unspecified atom stereocenters. The van der Waals surface area contributed by atoms with Crippen LogP contribution in [0.2, 0.25) is 0 Å². The lowest BCUT2D eigenvalue weighted by atomic mass is 10.2. The molecule has 0 N–H and O–H groups in total. The third-order valence-electron chi connectivity index (χ3n) is 4.50. The Morgan fingerprint density at radius 3 is 2.95 bits per heavy atom. The average molecular weight is 298 g/mol. The number of anilines is 1. The van der Waals surface area contributed by atoms with Crippen LogP contribution in [0.1, 0.15) is 11.4 Å². The summed E-state index contributed by atoms with van der Waals surface area (Å²) in [6.45, 7) is 3.78. The number of aromatic nitrogens is 2. The second-order valence-electron chi connectivity index (χ2n) is 5.85. The minimum atomic E-state index is 0.0332. The molecule has 2 aliphatic rings. The standard InChI is InChI=1S/C16H18N4O2/c1-11-13(17-10-18(11)2)8-19-7-12-9-22-15-6-4-3-5-14(15)20(12)16(19)21/h3-6,10,12H,7-9H2,1-2H3. The van der Waals surface area contributed by atoms with Crippen LogP contribution in [0.4, 0.5) is 10.5 Å². The van der Waals surface area contributed by atoms with Crippen LogP contribution >= 0.6 is 0 Å². The van der Waals surface area contributed by atoms with Crippen LogP contribution in [0.15, 0.2) is 30.6 Å². The molecule has 3 heterocycles. The summed E-state index contributed by atoms with van der Waals surface area (Å²) in [5.74, 6) is 0.781. The monoisotopic (exact) mass is 298 g/mol. The molecule has 0 spiro atoms. The van der Waals surface area contributed by atoms with E-state index < -0.39 is 0 Å². The van der Waals surface area contributed by atoms with E-state index >= 15 is 0 Å². The van der Waals surface area contributed by atoms with Crippen LogP contribution in [0, 0.1) is 6.92 Å². The number of urea groups is 1. The van der Waals surface area contributed by atoms with E-state index in [1.807, 2.05) is 52.6 Å². The molecule has 1 aromatic carbocycles. The number of ether oxygens (including phenoxy) is 1. The predicted molar refractivity (Wildman–Crippen MR) is 82.0 cm³/mol. The quantitative estimate of drug-likeness (QED) is 0.851. The molecule has 0 saturated carbocycles. The van der Waals surface area contributed by atoms with Crippen LogP contribution < -0.4 is 9.64 Å². The Kier molecular flexibility index (Phi) is 2.85. The number of rotatable bonds is 2. The van der Waals surface area contributed by atoms with Gasteiger partial charge in [-0.15, -0.1) is 0 Å². The van der Waals surface area contributed by atoms with Crippen LogP contribution in [0.3, 0.4) is 0 Å². The Hall–Kier alpha value is -2.50. The van der Waals surface area contributed by atoms with Gasteiger partial charge in [0.1, 0.15) is 12.4 Å². The van der Waals surface area contributed by atoms with Crippen molar-refractivity contribution < 1.29 is 9.53 Å². The lowest BCUT2D eigenvalue weighted by Gasteiger charge is -2.30. The molecule has 6 heteroatoms. The molecule has 4 rings (SSSR count). The van der Waals surface area contributed by atoms with E-state index in [-0.39, 0.29) is 12.1 Å². The molecule has 6 nitrogen and oxygen atoms in total. The van der Waals surface area contributed by atoms with Gasteiger partial charge in [-0.2, -0.15) is 0 Å². The molecule has 114 valence electrons. The fourth-order valence-electron chi connectivity index (χ4n) is 3.12. The lowest BCUT2D eigenvalue weighted by molar-refractivity contribution is 0.218. The second kappa shape index (κ2) is 4.76. The summed E-state index contributed by atoms with van der Waals surface area (Å²) in [6, 6.07) is 7.81. The third-order valence-corrected chi connectivity index (χ3v) is 4.50. The van der Waals surface area contributed by atoms with Crippen molar-refractivity contribution in [3.8, 4) is 5.75 Å². The number of hydrogen-bond donors (Lipinski definition) is 0. The van der Waals surface area contributed by atoms with E-state index in [1.54, 1.807) is 6.33 Å². The smallest absolute Gasteiger partial charge is 0.325 e. The number of carbonyl (C=O) groups excluding carboxylic acids is 1. The number of benzene rings is 1. The Labute approximate surface area is 128 Å². The first-order valence-corrected chi connectivity index (χ1v) is 7.42. The molecule has 1 saturated heterocycles. The minimum Gasteiger partial charge on any atom is -0.489 e. The van der Waals surface area contributed by atoms with Crippen LogP contribution in [0.5, 0.6) is 5.75 Å². The highest BCUT2D eigenvalue weighted by molar-refractivity contribution is 5.97. The van der Waals surface area contributed by atoms with Gasteiger partial charge in [0.05, 0.1) is 30.3 Å². The van der Waals surface area contributed by atoms with Gasteiger partial charge in [-0.3, -0.25) is 4.90 Å². The van der Waals surface area contributed by atoms with E-state index in [9.17, 15) is 4.79 Å². The second-order valence-corrected chi connectivity index (χ2v) is 5.85. The molecule has 1 atom stereocenters. The zero-order valence-corrected chi connectivity index (χ0v) is 12.7. The number of hydrogen-bond acceptors (Lipinski definition) is 3. The number of imidazole rings is 1. The molecule has 2 aromatic rings. The van der Waals surface area contributed by atoms with E-state index in [0.717, 1.165) is 22.8 Å². The van der Waals surface area contributed by atoms with Gasteiger partial charge in [-0.05, 0) is 19.1 Å². The summed E-state index contributed by atoms with van der Waals surface area (Å²) in [6.07, 6.45) is 1.79. The number of amides is 2. The molecular formula is C16H18N4O2. The van der Waals surface area contributed by atoms with Gasteiger partial charge in [0, 0.05) is 19.3 Å². The maximum Gasteiger partial charge on any atom is 0.325 e. The Morgan fingerprint density at radius 1 is 1.36 bits per heavy atom. The molecular weight excluding hydrogens is 280 g/mol. The van der Waals surface area contributed by atoms with Crippen LogP contribution in [-0.4, -0.2) is 39.7 Å². The van der Waals surface area contributed by atoms with E-state index in [4.69, 9.17) is 4.74 Å². The number of fused-ring (bicyclic) bond motifs is 3. The third kappa shape index (κ3) is 1.87. The van der Waals surface area contributed by atoms with E-state index in [1.165, 1.54) is 0 Å². The summed E-state index contributed by atoms with van der Waals surface area (Å²) >= 11 is 0. The largest absolute Gasteiger partial charge is 0.489 e. The highest BCUT2D eigenvalue weighted by Crippen LogP contribution is 2.37. The molecule has 0 aliphatic carbocycles. The van der Waals surface area contributed by atoms with Crippen molar-refractivity contribution in [2.45, 2.75) is 19.5 Å². The van der Waals surface area contributed by atoms with Crippen molar-refractivity contribution in [3.05, 3.63) is 42.0 Å². The molecule has 1 aromatic heterocycles. The van der Waals surface area contributed by atoms with Crippen LogP contribution in [-0.2, 0) is 13.6 Å². The van der Waals surface area contributed by atoms with E-state index in [0.29, 0.717) is 19.7 Å². The van der Waals surface area contributed by atoms with Gasteiger partial charge in [0.15, 0.2) is 0 Å². The van der Waals surface area contributed by atoms with Gasteiger partial charge in [0.2, 0.25) is 0 Å². The Morgan fingerprint density at radius 2 is 2.18 bits per heavy atom. The summed E-state index contributed by atoms with van der Waals surface area (Å²) in [7, 11) is 1.96. The first-order chi connectivity index (χ1) is 10.6. The predicted octanol–water partition coefficient (Wildman–Crippen LogP) is 1.93. The van der Waals surface area contributed by atoms with Crippen molar-refractivity contribution in [3.63, 3.8) is 0 Å². The molecule has 1 fully saturated rings. The highest BCUT2D eigenvalue weighted by Gasteiger charge is 2.42. The van der Waals surface area contributed by atoms with Crippen molar-refractivity contribution >= 4 is 11.7 Å². The lowest BCUT2D eigenvalue weighted by Crippen LogP contribution is -2.41. The molecule has 0 bridgehead atoms. The summed E-state index contributed by atoms with van der Waals surface area (Å²) in [5, 5.41) is 0. The summed E-state index contributed by atoms with van der Waals surface area (Å²) in [4.78, 5) is 20.9. The Balaban J connectivity index is 1.62. The van der Waals surface area contributed by atoms with Gasteiger partial charge in [0.25, 0.3) is 0 Å². The number of nitrogens with zero attached hydrogens (tertiary/aromatic N) is 4. The molecule has 22 heavy (non-hydrogen) atoms. The van der Waals surface area contributed by atoms with Gasteiger partial charge < -0.3 is 14.2 Å². The SMILES string of the molecule is Cc1c(CN2CC3COc4ccccc4N3C2=O)ncn1C. The Bertz CT molecular complexity index is 739. The topological polar surface area (TPSA) is 50.6 Å². The van der Waals surface area contributed by atoms with Crippen LogP contribution in [0.25, 0.3) is 0 Å². The highest BCUT2D eigenvalue weighted by atomic mass is 16.5. The molecule has 2 aliphatic heterocycles. The summed E-state index contributed by atoms with van der Waals surface area (Å²) < 4.78 is 7.75. The fourth-order valence-corrected chi connectivity index (χ4v) is 3.12. The fraction of sp³-hybridized carbons (Fsp3) is 0.375. The van der Waals surface area contributed by atoms with E-state index in [2.05, 4.69) is 4.98 Å².